The van der Waals surface area contributed by atoms with Crippen LogP contribution in [0.1, 0.15) is 21.5 Å². The maximum atomic E-state index is 12.2. The van der Waals surface area contributed by atoms with Gasteiger partial charge in [-0.15, -0.1) is 12.6 Å². The molecular weight excluding hydrogens is 389 g/mol. The minimum atomic E-state index is -4.41. The van der Waals surface area contributed by atoms with E-state index in [-0.39, 0.29) is 15.7 Å². The van der Waals surface area contributed by atoms with Gasteiger partial charge in [0.15, 0.2) is 11.7 Å². The second kappa shape index (κ2) is 9.93. The van der Waals surface area contributed by atoms with Crippen LogP contribution >= 0.6 is 24.8 Å². The van der Waals surface area contributed by atoms with Crippen molar-refractivity contribution < 1.29 is 32.6 Å². The molecule has 2 aromatic rings. The number of carboxylic acids is 1. The first-order chi connectivity index (χ1) is 12.1. The molecular formula is C17H13F3O4S2. The summed E-state index contributed by atoms with van der Waals surface area (Å²) in [7, 11) is 0. The van der Waals surface area contributed by atoms with Crippen molar-refractivity contribution in [3.63, 3.8) is 0 Å². The zero-order valence-corrected chi connectivity index (χ0v) is 14.8. The van der Waals surface area contributed by atoms with Gasteiger partial charge in [0.1, 0.15) is 0 Å². The predicted molar refractivity (Wildman–Crippen MR) is 96.5 cm³/mol. The molecule has 0 aliphatic heterocycles. The summed E-state index contributed by atoms with van der Waals surface area (Å²) in [6.07, 6.45) is -4.41. The fourth-order valence-electron chi connectivity index (χ4n) is 1.59. The molecule has 0 radical (unpaired) electrons. The molecule has 0 saturated heterocycles. The first-order valence-corrected chi connectivity index (χ1v) is 7.81. The fourth-order valence-corrected chi connectivity index (χ4v) is 1.93. The third-order valence-corrected chi connectivity index (χ3v) is 3.41. The van der Waals surface area contributed by atoms with Crippen LogP contribution < -0.4 is 0 Å². The van der Waals surface area contributed by atoms with Crippen molar-refractivity contribution >= 4 is 41.0 Å². The lowest BCUT2D eigenvalue weighted by atomic mass is 10.1. The smallest absolute Gasteiger partial charge is 0.416 e. The zero-order valence-electron chi connectivity index (χ0n) is 13.1. The number of benzene rings is 2. The minimum absolute atomic E-state index is 0.152. The highest BCUT2D eigenvalue weighted by molar-refractivity contribution is 7.97. The van der Waals surface area contributed by atoms with Crippen molar-refractivity contribution in [2.75, 3.05) is 6.61 Å². The normalized spacial score (nSPS) is 10.3. The standard InChI is InChI=1S/C10H7F3O3S.C7H6OS/c11-10(12,13)7-3-1-6(2-4-7)9(17)16-5-8(14)15;8-7(9)6-4-2-1-3-5-6/h1-4H,5H2,(H,14,15);1-5H,(H,8,9). The second-order valence-corrected chi connectivity index (χ2v) is 5.49. The molecule has 0 aliphatic rings. The average molecular weight is 402 g/mol. The van der Waals surface area contributed by atoms with Gasteiger partial charge in [0.2, 0.25) is 5.12 Å². The predicted octanol–water partition coefficient (Wildman–Crippen LogP) is 4.24. The van der Waals surface area contributed by atoms with E-state index in [0.29, 0.717) is 5.56 Å². The van der Waals surface area contributed by atoms with Crippen LogP contribution in [-0.2, 0) is 15.7 Å². The van der Waals surface area contributed by atoms with Crippen LogP contribution in [0, 0.1) is 0 Å². The van der Waals surface area contributed by atoms with Crippen LogP contribution in [0.5, 0.6) is 0 Å². The Bertz CT molecular complexity index is 760. The number of ether oxygens (including phenoxy) is 1. The number of halogens is 3. The van der Waals surface area contributed by atoms with Gasteiger partial charge in [0.05, 0.1) is 5.56 Å². The Labute approximate surface area is 158 Å². The number of carbonyl (C=O) groups excluding carboxylic acids is 1. The fraction of sp³-hybridized carbons (Fsp3) is 0.118. The second-order valence-electron chi connectivity index (χ2n) is 4.72. The maximum Gasteiger partial charge on any atom is 0.416 e. The van der Waals surface area contributed by atoms with E-state index >= 15 is 0 Å². The number of hydrogen-bond donors (Lipinski definition) is 2. The van der Waals surface area contributed by atoms with Crippen molar-refractivity contribution in [3.05, 3.63) is 71.3 Å². The van der Waals surface area contributed by atoms with E-state index in [9.17, 15) is 22.8 Å². The molecule has 0 spiro atoms. The van der Waals surface area contributed by atoms with E-state index in [4.69, 9.17) is 17.3 Å². The number of aliphatic carboxylic acids is 1. The van der Waals surface area contributed by atoms with Crippen molar-refractivity contribution in [1.29, 1.82) is 0 Å². The van der Waals surface area contributed by atoms with Crippen molar-refractivity contribution in [3.8, 4) is 0 Å². The topological polar surface area (TPSA) is 63.6 Å². The Hall–Kier alpha value is -2.39. The third-order valence-electron chi connectivity index (χ3n) is 2.80. The van der Waals surface area contributed by atoms with Crippen LogP contribution in [0.4, 0.5) is 13.2 Å². The first-order valence-electron chi connectivity index (χ1n) is 6.95. The summed E-state index contributed by atoms with van der Waals surface area (Å²) in [5.41, 5.74) is 0.0670. The number of thiocarbonyl (C=S) groups is 1. The van der Waals surface area contributed by atoms with E-state index < -0.39 is 24.3 Å². The molecule has 9 heteroatoms. The first kappa shape index (κ1) is 21.7. The van der Waals surface area contributed by atoms with Crippen LogP contribution in [0.25, 0.3) is 0 Å². The Morgan fingerprint density at radius 1 is 1.00 bits per heavy atom. The molecule has 0 unspecified atom stereocenters. The summed E-state index contributed by atoms with van der Waals surface area (Å²) in [6.45, 7) is -0.625. The number of alkyl halides is 3. The molecule has 138 valence electrons. The summed E-state index contributed by atoms with van der Waals surface area (Å²) in [5, 5.41) is 7.99. The Kier molecular flexibility index (Phi) is 8.27. The summed E-state index contributed by atoms with van der Waals surface area (Å²) in [4.78, 5) is 20.7. The van der Waals surface area contributed by atoms with Gasteiger partial charge in [-0.05, 0) is 36.5 Å². The highest BCUT2D eigenvalue weighted by atomic mass is 32.1. The van der Waals surface area contributed by atoms with E-state index in [1.165, 1.54) is 0 Å². The number of carbonyl (C=O) groups is 2. The van der Waals surface area contributed by atoms with Crippen LogP contribution in [0.2, 0.25) is 0 Å². The molecule has 0 fully saturated rings. The molecule has 0 bridgehead atoms. The van der Waals surface area contributed by atoms with Gasteiger partial charge >= 0.3 is 12.1 Å². The minimum Gasteiger partial charge on any atom is -0.479 e. The highest BCUT2D eigenvalue weighted by Gasteiger charge is 2.30. The molecule has 0 aliphatic carbocycles. The zero-order chi connectivity index (χ0) is 19.7. The van der Waals surface area contributed by atoms with Crippen LogP contribution in [0.3, 0.4) is 0 Å². The Morgan fingerprint density at radius 2 is 1.54 bits per heavy atom. The molecule has 0 amide bonds. The Morgan fingerprint density at radius 3 is 1.92 bits per heavy atom. The van der Waals surface area contributed by atoms with Gasteiger partial charge in [-0.3, -0.25) is 4.79 Å². The van der Waals surface area contributed by atoms with E-state index in [0.717, 1.165) is 24.3 Å². The number of carboxylic acid groups (broad SMARTS) is 1. The quantitative estimate of drug-likeness (QED) is 0.592. The van der Waals surface area contributed by atoms with E-state index in [1.54, 1.807) is 12.1 Å². The van der Waals surface area contributed by atoms with Crippen LogP contribution in [-0.4, -0.2) is 27.8 Å². The largest absolute Gasteiger partial charge is 0.479 e. The van der Waals surface area contributed by atoms with Crippen molar-refractivity contribution in [2.45, 2.75) is 6.18 Å². The summed E-state index contributed by atoms with van der Waals surface area (Å²) < 4.78 is 41.4. The molecule has 0 heterocycles. The molecule has 1 N–H and O–H groups in total. The summed E-state index contributed by atoms with van der Waals surface area (Å²) in [6, 6.07) is 12.9. The van der Waals surface area contributed by atoms with Gasteiger partial charge < -0.3 is 9.84 Å². The van der Waals surface area contributed by atoms with E-state index in [2.05, 4.69) is 17.4 Å². The van der Waals surface area contributed by atoms with E-state index in [1.807, 2.05) is 18.2 Å². The van der Waals surface area contributed by atoms with Gasteiger partial charge in [-0.2, -0.15) is 13.2 Å². The SMILES string of the molecule is O=C(O)COC(=S)c1ccc(C(F)(F)F)cc1.O=C(S)c1ccccc1. The molecule has 26 heavy (non-hydrogen) atoms. The molecule has 0 saturated carbocycles. The number of rotatable bonds is 4. The van der Waals surface area contributed by atoms with Crippen LogP contribution in [0.15, 0.2) is 54.6 Å². The lowest BCUT2D eigenvalue weighted by Crippen LogP contribution is -2.12. The highest BCUT2D eigenvalue weighted by Crippen LogP contribution is 2.29. The lowest BCUT2D eigenvalue weighted by molar-refractivity contribution is -0.139. The molecule has 0 atom stereocenters. The number of hydrogen-bond acceptors (Lipinski definition) is 4. The molecule has 4 nitrogen and oxygen atoms in total. The monoisotopic (exact) mass is 402 g/mol. The summed E-state index contributed by atoms with van der Waals surface area (Å²) in [5.74, 6) is -1.21. The van der Waals surface area contributed by atoms with Gasteiger partial charge in [0.25, 0.3) is 0 Å². The third kappa shape index (κ3) is 7.66. The number of thiol groups is 1. The van der Waals surface area contributed by atoms with Gasteiger partial charge in [-0.25, -0.2) is 4.79 Å². The van der Waals surface area contributed by atoms with Crippen molar-refractivity contribution in [1.82, 2.24) is 0 Å². The van der Waals surface area contributed by atoms with Gasteiger partial charge in [0, 0.05) is 11.1 Å². The molecule has 2 rings (SSSR count). The Balaban J connectivity index is 0.000000314. The van der Waals surface area contributed by atoms with Crippen molar-refractivity contribution in [2.24, 2.45) is 0 Å². The average Bonchev–Trinajstić information content (AvgIpc) is 2.60. The van der Waals surface area contributed by atoms with Gasteiger partial charge in [-0.1, -0.05) is 30.3 Å². The molecule has 0 aromatic heterocycles. The molecule has 2 aromatic carbocycles. The maximum absolute atomic E-state index is 12.2. The lowest BCUT2D eigenvalue weighted by Gasteiger charge is -2.08. The summed E-state index contributed by atoms with van der Waals surface area (Å²) >= 11 is 8.36.